The van der Waals surface area contributed by atoms with Crippen LogP contribution in [0.4, 0.5) is 0 Å². The molecule has 3 aromatic carbocycles. The fourth-order valence-electron chi connectivity index (χ4n) is 3.46. The van der Waals surface area contributed by atoms with Gasteiger partial charge in [0.15, 0.2) is 0 Å². The third-order valence-electron chi connectivity index (χ3n) is 5.50. The number of carbonyl (C=O) groups is 2. The summed E-state index contributed by atoms with van der Waals surface area (Å²) in [4.78, 5) is 27.8. The lowest BCUT2D eigenvalue weighted by Gasteiger charge is -2.29. The zero-order valence-corrected chi connectivity index (χ0v) is 19.3. The fraction of sp³-hybridized carbons (Fsp3) is 0.259. The number of benzene rings is 3. The molecular weight excluding hydrogens is 416 g/mol. The number of ether oxygens (including phenoxy) is 2. The molecule has 6 nitrogen and oxygen atoms in total. The Kier molecular flexibility index (Phi) is 8.47. The normalized spacial score (nSPS) is 11.4. The van der Waals surface area contributed by atoms with E-state index in [-0.39, 0.29) is 18.2 Å². The van der Waals surface area contributed by atoms with E-state index in [1.54, 1.807) is 26.0 Å². The molecular formula is C27H30N2O4. The second-order valence-corrected chi connectivity index (χ2v) is 7.77. The summed E-state index contributed by atoms with van der Waals surface area (Å²) in [6, 6.07) is 23.9. The molecule has 3 aromatic rings. The minimum absolute atomic E-state index is 0.107. The molecule has 1 N–H and O–H groups in total. The van der Waals surface area contributed by atoms with Crippen LogP contribution in [-0.4, -0.2) is 37.0 Å². The Morgan fingerprint density at radius 2 is 1.33 bits per heavy atom. The topological polar surface area (TPSA) is 67.9 Å². The summed E-state index contributed by atoms with van der Waals surface area (Å²) < 4.78 is 10.4. The van der Waals surface area contributed by atoms with Crippen LogP contribution in [-0.2, 0) is 29.1 Å². The molecule has 0 radical (unpaired) electrons. The molecule has 0 aliphatic heterocycles. The summed E-state index contributed by atoms with van der Waals surface area (Å²) in [5.41, 5.74) is 2.79. The number of carbonyl (C=O) groups excluding carboxylic acids is 2. The van der Waals surface area contributed by atoms with Gasteiger partial charge in [0.2, 0.25) is 11.8 Å². The van der Waals surface area contributed by atoms with Crippen LogP contribution in [0.25, 0.3) is 0 Å². The van der Waals surface area contributed by atoms with Crippen LogP contribution in [0, 0.1) is 0 Å². The number of hydrogen-bond donors (Lipinski definition) is 1. The third kappa shape index (κ3) is 6.84. The van der Waals surface area contributed by atoms with Crippen molar-refractivity contribution in [2.45, 2.75) is 32.5 Å². The van der Waals surface area contributed by atoms with Gasteiger partial charge in [-0.05, 0) is 47.9 Å². The molecule has 33 heavy (non-hydrogen) atoms. The molecule has 0 aliphatic rings. The Morgan fingerprint density at radius 1 is 0.788 bits per heavy atom. The van der Waals surface area contributed by atoms with Gasteiger partial charge in [-0.25, -0.2) is 0 Å². The van der Waals surface area contributed by atoms with Gasteiger partial charge in [-0.2, -0.15) is 0 Å². The van der Waals surface area contributed by atoms with Gasteiger partial charge in [0.1, 0.15) is 17.5 Å². The van der Waals surface area contributed by atoms with Crippen molar-refractivity contribution in [3.05, 3.63) is 95.6 Å². The van der Waals surface area contributed by atoms with Crippen LogP contribution in [0.2, 0.25) is 0 Å². The van der Waals surface area contributed by atoms with Crippen molar-refractivity contribution < 1.29 is 19.1 Å². The largest absolute Gasteiger partial charge is 0.497 e. The first-order valence-corrected chi connectivity index (χ1v) is 10.9. The van der Waals surface area contributed by atoms with E-state index >= 15 is 0 Å². The van der Waals surface area contributed by atoms with Gasteiger partial charge in [-0.3, -0.25) is 9.59 Å². The van der Waals surface area contributed by atoms with Crippen LogP contribution in [0.3, 0.4) is 0 Å². The van der Waals surface area contributed by atoms with Crippen LogP contribution in [0.1, 0.15) is 23.6 Å². The van der Waals surface area contributed by atoms with Gasteiger partial charge in [0.05, 0.1) is 20.6 Å². The first-order chi connectivity index (χ1) is 16.0. The standard InChI is InChI=1S/C27H30N2O4/c1-20(27(31)28-18-22-9-13-24(32-2)14-10-22)29(19-23-11-15-25(33-3)16-12-23)26(30)17-21-7-5-4-6-8-21/h4-16,20H,17-19H2,1-3H3,(H,28,31)/t20-/m0/s1. The molecule has 0 aliphatic carbocycles. The SMILES string of the molecule is COc1ccc(CNC(=O)[C@H](C)N(Cc2ccc(OC)cc2)C(=O)Cc2ccccc2)cc1. The molecule has 0 aromatic heterocycles. The summed E-state index contributed by atoms with van der Waals surface area (Å²) in [5, 5.41) is 2.95. The van der Waals surface area contributed by atoms with Crippen molar-refractivity contribution in [3.8, 4) is 11.5 Å². The van der Waals surface area contributed by atoms with Crippen LogP contribution in [0.15, 0.2) is 78.9 Å². The summed E-state index contributed by atoms with van der Waals surface area (Å²) in [6.45, 7) is 2.46. The second kappa shape index (κ2) is 11.7. The Labute approximate surface area is 195 Å². The Morgan fingerprint density at radius 3 is 1.88 bits per heavy atom. The van der Waals surface area contributed by atoms with E-state index in [1.807, 2.05) is 78.9 Å². The molecule has 2 amide bonds. The van der Waals surface area contributed by atoms with Crippen molar-refractivity contribution in [2.24, 2.45) is 0 Å². The minimum Gasteiger partial charge on any atom is -0.497 e. The van der Waals surface area contributed by atoms with Crippen molar-refractivity contribution in [1.82, 2.24) is 10.2 Å². The number of hydrogen-bond acceptors (Lipinski definition) is 4. The highest BCUT2D eigenvalue weighted by atomic mass is 16.5. The molecule has 0 heterocycles. The van der Waals surface area contributed by atoms with E-state index in [2.05, 4.69) is 5.32 Å². The van der Waals surface area contributed by atoms with Gasteiger partial charge in [0, 0.05) is 13.1 Å². The lowest BCUT2D eigenvalue weighted by atomic mass is 10.1. The zero-order chi connectivity index (χ0) is 23.6. The molecule has 172 valence electrons. The molecule has 0 bridgehead atoms. The van der Waals surface area contributed by atoms with E-state index in [9.17, 15) is 9.59 Å². The van der Waals surface area contributed by atoms with E-state index in [1.165, 1.54) is 0 Å². The predicted molar refractivity (Wildman–Crippen MR) is 128 cm³/mol. The maximum Gasteiger partial charge on any atom is 0.242 e. The summed E-state index contributed by atoms with van der Waals surface area (Å²) in [7, 11) is 3.22. The highest BCUT2D eigenvalue weighted by Crippen LogP contribution is 2.16. The van der Waals surface area contributed by atoms with E-state index in [4.69, 9.17) is 9.47 Å². The Hall–Kier alpha value is -3.80. The smallest absolute Gasteiger partial charge is 0.242 e. The first-order valence-electron chi connectivity index (χ1n) is 10.9. The first kappa shape index (κ1) is 23.9. The molecule has 3 rings (SSSR count). The van der Waals surface area contributed by atoms with Crippen molar-refractivity contribution in [1.29, 1.82) is 0 Å². The van der Waals surface area contributed by atoms with E-state index < -0.39 is 6.04 Å². The monoisotopic (exact) mass is 446 g/mol. The number of nitrogens with one attached hydrogen (secondary N) is 1. The Balaban J connectivity index is 1.72. The fourth-order valence-corrected chi connectivity index (χ4v) is 3.46. The molecule has 0 saturated heterocycles. The second-order valence-electron chi connectivity index (χ2n) is 7.77. The lowest BCUT2D eigenvalue weighted by molar-refractivity contribution is -0.140. The highest BCUT2D eigenvalue weighted by molar-refractivity contribution is 5.88. The molecule has 6 heteroatoms. The van der Waals surface area contributed by atoms with E-state index in [0.717, 1.165) is 28.2 Å². The number of rotatable bonds is 10. The van der Waals surface area contributed by atoms with Crippen molar-refractivity contribution in [2.75, 3.05) is 14.2 Å². The molecule has 1 atom stereocenters. The van der Waals surface area contributed by atoms with E-state index in [0.29, 0.717) is 13.1 Å². The third-order valence-corrected chi connectivity index (χ3v) is 5.50. The zero-order valence-electron chi connectivity index (χ0n) is 19.3. The maximum atomic E-state index is 13.2. The van der Waals surface area contributed by atoms with Gasteiger partial charge in [0.25, 0.3) is 0 Å². The minimum atomic E-state index is -0.637. The maximum absolute atomic E-state index is 13.2. The lowest BCUT2D eigenvalue weighted by Crippen LogP contribution is -2.47. The molecule has 0 unspecified atom stereocenters. The Bertz CT molecular complexity index is 1030. The molecule has 0 spiro atoms. The average Bonchev–Trinajstić information content (AvgIpc) is 2.86. The van der Waals surface area contributed by atoms with Gasteiger partial charge < -0.3 is 19.7 Å². The quantitative estimate of drug-likeness (QED) is 0.512. The van der Waals surface area contributed by atoms with Crippen LogP contribution >= 0.6 is 0 Å². The predicted octanol–water partition coefficient (Wildman–Crippen LogP) is 3.98. The van der Waals surface area contributed by atoms with Gasteiger partial charge in [-0.15, -0.1) is 0 Å². The highest BCUT2D eigenvalue weighted by Gasteiger charge is 2.26. The summed E-state index contributed by atoms with van der Waals surface area (Å²) >= 11 is 0. The van der Waals surface area contributed by atoms with Crippen LogP contribution in [0.5, 0.6) is 11.5 Å². The summed E-state index contributed by atoms with van der Waals surface area (Å²) in [5.74, 6) is 1.19. The number of amides is 2. The van der Waals surface area contributed by atoms with Crippen molar-refractivity contribution >= 4 is 11.8 Å². The van der Waals surface area contributed by atoms with Gasteiger partial charge >= 0.3 is 0 Å². The molecule has 0 saturated carbocycles. The van der Waals surface area contributed by atoms with Gasteiger partial charge in [-0.1, -0.05) is 54.6 Å². The van der Waals surface area contributed by atoms with Crippen molar-refractivity contribution in [3.63, 3.8) is 0 Å². The number of methoxy groups -OCH3 is 2. The average molecular weight is 447 g/mol. The summed E-state index contributed by atoms with van der Waals surface area (Å²) in [6.07, 6.45) is 0.229. The number of nitrogens with zero attached hydrogens (tertiary/aromatic N) is 1. The van der Waals surface area contributed by atoms with Crippen LogP contribution < -0.4 is 14.8 Å². The molecule has 0 fully saturated rings.